The lowest BCUT2D eigenvalue weighted by molar-refractivity contribution is 0.344. The number of hydrogen-bond donors (Lipinski definition) is 2. The minimum atomic E-state index is 0.371. The van der Waals surface area contributed by atoms with Gasteiger partial charge in [0.15, 0.2) is 0 Å². The molecule has 1 aliphatic heterocycles. The Bertz CT molecular complexity index is 360. The average molecular weight is 205 g/mol. The van der Waals surface area contributed by atoms with Crippen LogP contribution in [0.3, 0.4) is 0 Å². The molecule has 0 saturated carbocycles. The molecule has 1 aliphatic rings. The third-order valence-corrected chi connectivity index (χ3v) is 3.12. The molecule has 0 aliphatic carbocycles. The Labute approximate surface area is 91.3 Å². The molecule has 0 bridgehead atoms. The zero-order valence-electron chi connectivity index (χ0n) is 9.62. The van der Waals surface area contributed by atoms with Gasteiger partial charge in [0, 0.05) is 12.1 Å². The molecule has 2 unspecified atom stereocenters. The van der Waals surface area contributed by atoms with Crippen LogP contribution in [0.2, 0.25) is 0 Å². The predicted molar refractivity (Wildman–Crippen MR) is 62.0 cm³/mol. The molecule has 1 heterocycles. The minimum absolute atomic E-state index is 0.371. The van der Waals surface area contributed by atoms with Gasteiger partial charge in [0.2, 0.25) is 0 Å². The highest BCUT2D eigenvalue weighted by Crippen LogP contribution is 2.32. The number of hydrogen-bond acceptors (Lipinski definition) is 2. The number of phenols is 1. The van der Waals surface area contributed by atoms with E-state index in [9.17, 15) is 5.11 Å². The van der Waals surface area contributed by atoms with E-state index in [-0.39, 0.29) is 0 Å². The summed E-state index contributed by atoms with van der Waals surface area (Å²) < 4.78 is 0. The molecule has 15 heavy (non-hydrogen) atoms. The van der Waals surface area contributed by atoms with Gasteiger partial charge in [-0.15, -0.1) is 0 Å². The van der Waals surface area contributed by atoms with Crippen LogP contribution in [0.1, 0.15) is 37.9 Å². The number of phenolic OH excluding ortho intramolecular Hbond substituents is 1. The van der Waals surface area contributed by atoms with Gasteiger partial charge >= 0.3 is 0 Å². The van der Waals surface area contributed by atoms with E-state index in [0.29, 0.717) is 23.8 Å². The monoisotopic (exact) mass is 205 g/mol. The van der Waals surface area contributed by atoms with Crippen LogP contribution in [-0.2, 0) is 6.42 Å². The van der Waals surface area contributed by atoms with E-state index in [2.05, 4.69) is 32.2 Å². The molecule has 1 aromatic rings. The standard InChI is InChI=1S/C13H19NO/c1-8(2)13-12-7-11(15)5-4-10(12)6-9(3)14-13/h4-5,7-9,13-15H,6H2,1-3H3. The van der Waals surface area contributed by atoms with Crippen LogP contribution in [0.25, 0.3) is 0 Å². The summed E-state index contributed by atoms with van der Waals surface area (Å²) in [5, 5.41) is 13.1. The lowest BCUT2D eigenvalue weighted by Crippen LogP contribution is -2.39. The lowest BCUT2D eigenvalue weighted by Gasteiger charge is -2.34. The highest BCUT2D eigenvalue weighted by atomic mass is 16.3. The molecular weight excluding hydrogens is 186 g/mol. The fourth-order valence-corrected chi connectivity index (χ4v) is 2.39. The Balaban J connectivity index is 2.43. The van der Waals surface area contributed by atoms with Crippen molar-refractivity contribution in [1.29, 1.82) is 0 Å². The quantitative estimate of drug-likeness (QED) is 0.738. The van der Waals surface area contributed by atoms with E-state index in [4.69, 9.17) is 0 Å². The Hall–Kier alpha value is -1.02. The molecule has 2 atom stereocenters. The van der Waals surface area contributed by atoms with Crippen molar-refractivity contribution in [2.45, 2.75) is 39.3 Å². The van der Waals surface area contributed by atoms with Crippen LogP contribution >= 0.6 is 0 Å². The first kappa shape index (κ1) is 10.5. The Morgan fingerprint density at radius 3 is 2.80 bits per heavy atom. The SMILES string of the molecule is CC1Cc2ccc(O)cc2C(C(C)C)N1. The zero-order chi connectivity index (χ0) is 11.0. The second-order valence-corrected chi connectivity index (χ2v) is 4.88. The van der Waals surface area contributed by atoms with Crippen molar-refractivity contribution in [2.75, 3.05) is 0 Å². The highest BCUT2D eigenvalue weighted by Gasteiger charge is 2.26. The smallest absolute Gasteiger partial charge is 0.115 e. The van der Waals surface area contributed by atoms with Crippen LogP contribution < -0.4 is 5.32 Å². The molecular formula is C13H19NO. The third-order valence-electron chi connectivity index (χ3n) is 3.12. The number of fused-ring (bicyclic) bond motifs is 1. The number of aromatic hydroxyl groups is 1. The highest BCUT2D eigenvalue weighted by molar-refractivity contribution is 5.39. The second-order valence-electron chi connectivity index (χ2n) is 4.88. The molecule has 2 N–H and O–H groups in total. The molecule has 2 heteroatoms. The van der Waals surface area contributed by atoms with E-state index in [1.165, 1.54) is 11.1 Å². The summed E-state index contributed by atoms with van der Waals surface area (Å²) in [5.41, 5.74) is 2.64. The molecule has 0 spiro atoms. The van der Waals surface area contributed by atoms with Gasteiger partial charge in [-0.3, -0.25) is 0 Å². The van der Waals surface area contributed by atoms with Crippen molar-refractivity contribution in [3.63, 3.8) is 0 Å². The average Bonchev–Trinajstić information content (AvgIpc) is 2.17. The topological polar surface area (TPSA) is 32.3 Å². The number of nitrogens with one attached hydrogen (secondary N) is 1. The normalized spacial score (nSPS) is 25.3. The first-order chi connectivity index (χ1) is 7.08. The maximum atomic E-state index is 9.53. The van der Waals surface area contributed by atoms with Crippen molar-refractivity contribution in [1.82, 2.24) is 5.32 Å². The van der Waals surface area contributed by atoms with Crippen molar-refractivity contribution >= 4 is 0 Å². The van der Waals surface area contributed by atoms with Gasteiger partial charge in [0.25, 0.3) is 0 Å². The summed E-state index contributed by atoms with van der Waals surface area (Å²) >= 11 is 0. The number of rotatable bonds is 1. The maximum Gasteiger partial charge on any atom is 0.115 e. The summed E-state index contributed by atoms with van der Waals surface area (Å²) in [4.78, 5) is 0. The molecule has 0 fully saturated rings. The first-order valence-electron chi connectivity index (χ1n) is 5.65. The Kier molecular flexibility index (Phi) is 2.70. The van der Waals surface area contributed by atoms with Crippen LogP contribution in [0, 0.1) is 5.92 Å². The zero-order valence-corrected chi connectivity index (χ0v) is 9.62. The fraction of sp³-hybridized carbons (Fsp3) is 0.538. The largest absolute Gasteiger partial charge is 0.508 e. The van der Waals surface area contributed by atoms with E-state index >= 15 is 0 Å². The van der Waals surface area contributed by atoms with Crippen molar-refractivity contribution in [3.8, 4) is 5.75 Å². The summed E-state index contributed by atoms with van der Waals surface area (Å²) in [7, 11) is 0. The molecule has 0 saturated heterocycles. The van der Waals surface area contributed by atoms with Crippen LogP contribution in [0.15, 0.2) is 18.2 Å². The molecule has 0 amide bonds. The maximum absolute atomic E-state index is 9.53. The van der Waals surface area contributed by atoms with Gasteiger partial charge in [0.05, 0.1) is 0 Å². The van der Waals surface area contributed by atoms with Crippen LogP contribution in [0.5, 0.6) is 5.75 Å². The van der Waals surface area contributed by atoms with E-state index in [1.54, 1.807) is 6.07 Å². The van der Waals surface area contributed by atoms with Crippen molar-refractivity contribution < 1.29 is 5.11 Å². The number of benzene rings is 1. The van der Waals surface area contributed by atoms with E-state index in [1.807, 2.05) is 6.07 Å². The van der Waals surface area contributed by atoms with Gasteiger partial charge in [-0.05, 0) is 42.5 Å². The molecule has 2 nitrogen and oxygen atoms in total. The van der Waals surface area contributed by atoms with Gasteiger partial charge < -0.3 is 10.4 Å². The molecule has 2 rings (SSSR count). The summed E-state index contributed by atoms with van der Waals surface area (Å²) in [6, 6.07) is 6.63. The molecule has 0 aromatic heterocycles. The molecule has 82 valence electrons. The third kappa shape index (κ3) is 2.00. The summed E-state index contributed by atoms with van der Waals surface area (Å²) in [6.45, 7) is 6.64. The fourth-order valence-electron chi connectivity index (χ4n) is 2.39. The Morgan fingerprint density at radius 2 is 2.13 bits per heavy atom. The molecule has 1 aromatic carbocycles. The minimum Gasteiger partial charge on any atom is -0.508 e. The predicted octanol–water partition coefficient (Wildman–Crippen LogP) is 2.62. The van der Waals surface area contributed by atoms with Gasteiger partial charge in [-0.25, -0.2) is 0 Å². The summed E-state index contributed by atoms with van der Waals surface area (Å²) in [6.07, 6.45) is 1.05. The van der Waals surface area contributed by atoms with Crippen molar-refractivity contribution in [2.24, 2.45) is 5.92 Å². The van der Waals surface area contributed by atoms with Crippen LogP contribution in [-0.4, -0.2) is 11.1 Å². The first-order valence-corrected chi connectivity index (χ1v) is 5.65. The van der Waals surface area contributed by atoms with Gasteiger partial charge in [-0.1, -0.05) is 19.9 Å². The van der Waals surface area contributed by atoms with E-state index in [0.717, 1.165) is 6.42 Å². The Morgan fingerprint density at radius 1 is 1.40 bits per heavy atom. The second kappa shape index (κ2) is 3.86. The lowest BCUT2D eigenvalue weighted by atomic mass is 9.85. The van der Waals surface area contributed by atoms with Gasteiger partial charge in [0.1, 0.15) is 5.75 Å². The molecule has 0 radical (unpaired) electrons. The van der Waals surface area contributed by atoms with Crippen LogP contribution in [0.4, 0.5) is 0 Å². The summed E-state index contributed by atoms with van der Waals surface area (Å²) in [5.74, 6) is 0.920. The van der Waals surface area contributed by atoms with Gasteiger partial charge in [-0.2, -0.15) is 0 Å². The van der Waals surface area contributed by atoms with Crippen molar-refractivity contribution in [3.05, 3.63) is 29.3 Å². The van der Waals surface area contributed by atoms with E-state index < -0.39 is 0 Å².